The maximum Gasteiger partial charge on any atom is 0.277 e. The molecule has 3 aromatic rings. The standard InChI is InChI=1S/C18H13F3N4O2S/c19-11-4-2-1-3-10(11)8-28-18-24-15(22)14(17(27)25-18)23-16(26)9-5-6-12(20)13(21)7-9/h1-7H,8H2,(H,23,26)(H3,22,24,25,27). The summed E-state index contributed by atoms with van der Waals surface area (Å²) in [5, 5.41) is 2.36. The molecule has 0 aliphatic carbocycles. The average molecular weight is 406 g/mol. The summed E-state index contributed by atoms with van der Waals surface area (Å²) in [4.78, 5) is 30.7. The van der Waals surface area contributed by atoms with Gasteiger partial charge in [-0.05, 0) is 29.8 Å². The molecule has 4 N–H and O–H groups in total. The second-order valence-electron chi connectivity index (χ2n) is 5.59. The number of H-pyrrole nitrogens is 1. The summed E-state index contributed by atoms with van der Waals surface area (Å²) in [6.07, 6.45) is 0. The summed E-state index contributed by atoms with van der Waals surface area (Å²) in [5.41, 5.74) is 4.89. The number of aromatic amines is 1. The van der Waals surface area contributed by atoms with E-state index in [0.717, 1.165) is 23.9 Å². The van der Waals surface area contributed by atoms with E-state index in [-0.39, 0.29) is 33.8 Å². The Balaban J connectivity index is 1.76. The summed E-state index contributed by atoms with van der Waals surface area (Å²) in [5.74, 6) is -3.62. The van der Waals surface area contributed by atoms with E-state index in [1.165, 1.54) is 6.07 Å². The number of rotatable bonds is 5. The number of carbonyl (C=O) groups is 1. The van der Waals surface area contributed by atoms with E-state index >= 15 is 0 Å². The number of hydrogen-bond donors (Lipinski definition) is 3. The largest absolute Gasteiger partial charge is 0.382 e. The minimum absolute atomic E-state index is 0.136. The third-order valence-electron chi connectivity index (χ3n) is 3.67. The Bertz CT molecular complexity index is 1100. The second kappa shape index (κ2) is 8.17. The zero-order valence-corrected chi connectivity index (χ0v) is 14.9. The molecule has 1 aromatic heterocycles. The number of carbonyl (C=O) groups excluding carboxylic acids is 1. The predicted molar refractivity (Wildman–Crippen MR) is 99.5 cm³/mol. The van der Waals surface area contributed by atoms with Crippen LogP contribution in [0.5, 0.6) is 0 Å². The number of hydrogen-bond acceptors (Lipinski definition) is 5. The van der Waals surface area contributed by atoms with Gasteiger partial charge in [-0.15, -0.1) is 0 Å². The average Bonchev–Trinajstić information content (AvgIpc) is 2.66. The van der Waals surface area contributed by atoms with Gasteiger partial charge in [0.1, 0.15) is 11.5 Å². The molecule has 0 radical (unpaired) electrons. The highest BCUT2D eigenvalue weighted by Crippen LogP contribution is 2.22. The van der Waals surface area contributed by atoms with Crippen LogP contribution in [0.1, 0.15) is 15.9 Å². The van der Waals surface area contributed by atoms with Crippen LogP contribution in [-0.2, 0) is 5.75 Å². The number of nitrogens with zero attached hydrogens (tertiary/aromatic N) is 1. The van der Waals surface area contributed by atoms with Crippen LogP contribution in [0.4, 0.5) is 24.7 Å². The Morgan fingerprint density at radius 1 is 1.11 bits per heavy atom. The fraction of sp³-hybridized carbons (Fsp3) is 0.0556. The van der Waals surface area contributed by atoms with Crippen LogP contribution in [0.25, 0.3) is 0 Å². The second-order valence-corrected chi connectivity index (χ2v) is 6.56. The first-order valence-electron chi connectivity index (χ1n) is 7.87. The van der Waals surface area contributed by atoms with E-state index < -0.39 is 23.1 Å². The lowest BCUT2D eigenvalue weighted by atomic mass is 10.2. The molecule has 0 bridgehead atoms. The molecule has 0 atom stereocenters. The minimum atomic E-state index is -1.20. The Morgan fingerprint density at radius 3 is 2.54 bits per heavy atom. The molecule has 2 aromatic carbocycles. The predicted octanol–water partition coefficient (Wildman–Crippen LogP) is 3.31. The summed E-state index contributed by atoms with van der Waals surface area (Å²) in [6.45, 7) is 0. The topological polar surface area (TPSA) is 101 Å². The van der Waals surface area contributed by atoms with Crippen molar-refractivity contribution < 1.29 is 18.0 Å². The van der Waals surface area contributed by atoms with Gasteiger partial charge < -0.3 is 11.1 Å². The van der Waals surface area contributed by atoms with Crippen molar-refractivity contribution in [1.29, 1.82) is 0 Å². The van der Waals surface area contributed by atoms with Crippen LogP contribution in [-0.4, -0.2) is 15.9 Å². The van der Waals surface area contributed by atoms with Gasteiger partial charge in [-0.1, -0.05) is 30.0 Å². The Hall–Kier alpha value is -3.27. The van der Waals surface area contributed by atoms with Crippen molar-refractivity contribution in [2.75, 3.05) is 11.1 Å². The molecule has 0 fully saturated rings. The molecule has 0 aliphatic heterocycles. The molecule has 6 nitrogen and oxygen atoms in total. The highest BCUT2D eigenvalue weighted by atomic mass is 32.2. The van der Waals surface area contributed by atoms with Gasteiger partial charge in [0.25, 0.3) is 11.5 Å². The highest BCUT2D eigenvalue weighted by molar-refractivity contribution is 7.98. The van der Waals surface area contributed by atoms with Crippen LogP contribution < -0.4 is 16.6 Å². The smallest absolute Gasteiger partial charge is 0.277 e. The molecule has 28 heavy (non-hydrogen) atoms. The van der Waals surface area contributed by atoms with Gasteiger partial charge in [0.05, 0.1) is 0 Å². The van der Waals surface area contributed by atoms with Crippen LogP contribution in [0.2, 0.25) is 0 Å². The third kappa shape index (κ3) is 4.34. The molecular formula is C18H13F3N4O2S. The van der Waals surface area contributed by atoms with Gasteiger partial charge in [-0.25, -0.2) is 18.2 Å². The SMILES string of the molecule is Nc1nc(SCc2ccccc2F)[nH]c(=O)c1NC(=O)c1ccc(F)c(F)c1. The number of anilines is 2. The van der Waals surface area contributed by atoms with Gasteiger partial charge in [0.15, 0.2) is 22.6 Å². The number of benzene rings is 2. The van der Waals surface area contributed by atoms with Crippen molar-refractivity contribution in [2.24, 2.45) is 0 Å². The first-order valence-corrected chi connectivity index (χ1v) is 8.86. The lowest BCUT2D eigenvalue weighted by Crippen LogP contribution is -2.23. The number of nitrogens with one attached hydrogen (secondary N) is 2. The highest BCUT2D eigenvalue weighted by Gasteiger charge is 2.16. The normalized spacial score (nSPS) is 10.7. The van der Waals surface area contributed by atoms with E-state index in [1.807, 2.05) is 0 Å². The fourth-order valence-corrected chi connectivity index (χ4v) is 3.10. The van der Waals surface area contributed by atoms with E-state index in [1.54, 1.807) is 18.2 Å². The fourth-order valence-electron chi connectivity index (χ4n) is 2.24. The molecule has 144 valence electrons. The zero-order valence-electron chi connectivity index (χ0n) is 14.1. The molecule has 1 amide bonds. The number of amides is 1. The number of thioether (sulfide) groups is 1. The summed E-state index contributed by atoms with van der Waals surface area (Å²) in [6, 6.07) is 8.70. The van der Waals surface area contributed by atoms with E-state index in [4.69, 9.17) is 5.73 Å². The summed E-state index contributed by atoms with van der Waals surface area (Å²) < 4.78 is 39.9. The Morgan fingerprint density at radius 2 is 1.86 bits per heavy atom. The molecule has 1 heterocycles. The van der Waals surface area contributed by atoms with Gasteiger partial charge in [0.2, 0.25) is 0 Å². The van der Waals surface area contributed by atoms with Crippen LogP contribution in [0.15, 0.2) is 52.4 Å². The monoisotopic (exact) mass is 406 g/mol. The number of halogens is 3. The number of nitrogen functional groups attached to an aromatic ring is 1. The molecule has 3 rings (SSSR count). The van der Waals surface area contributed by atoms with Crippen molar-refractivity contribution in [2.45, 2.75) is 10.9 Å². The van der Waals surface area contributed by atoms with Crippen molar-refractivity contribution in [3.05, 3.63) is 81.4 Å². The molecule has 10 heteroatoms. The minimum Gasteiger partial charge on any atom is -0.382 e. The number of aromatic nitrogens is 2. The first-order chi connectivity index (χ1) is 13.3. The van der Waals surface area contributed by atoms with Crippen molar-refractivity contribution in [1.82, 2.24) is 9.97 Å². The van der Waals surface area contributed by atoms with Crippen molar-refractivity contribution in [3.8, 4) is 0 Å². The summed E-state index contributed by atoms with van der Waals surface area (Å²) in [7, 11) is 0. The first kappa shape index (κ1) is 19.5. The molecule has 0 spiro atoms. The quantitative estimate of drug-likeness (QED) is 0.446. The number of nitrogens with two attached hydrogens (primary N) is 1. The van der Waals surface area contributed by atoms with Crippen LogP contribution >= 0.6 is 11.8 Å². The maximum atomic E-state index is 13.6. The lowest BCUT2D eigenvalue weighted by molar-refractivity contribution is 0.102. The van der Waals surface area contributed by atoms with E-state index in [9.17, 15) is 22.8 Å². The van der Waals surface area contributed by atoms with Gasteiger partial charge in [0, 0.05) is 11.3 Å². The van der Waals surface area contributed by atoms with Crippen molar-refractivity contribution in [3.63, 3.8) is 0 Å². The van der Waals surface area contributed by atoms with Crippen molar-refractivity contribution >= 4 is 29.2 Å². The van der Waals surface area contributed by atoms with Gasteiger partial charge >= 0.3 is 0 Å². The van der Waals surface area contributed by atoms with Crippen LogP contribution in [0, 0.1) is 17.5 Å². The Labute approximate surface area is 161 Å². The van der Waals surface area contributed by atoms with E-state index in [2.05, 4.69) is 15.3 Å². The molecule has 0 aliphatic rings. The zero-order chi connectivity index (χ0) is 20.3. The molecule has 0 saturated heterocycles. The van der Waals surface area contributed by atoms with Gasteiger partial charge in [-0.2, -0.15) is 0 Å². The van der Waals surface area contributed by atoms with Gasteiger partial charge in [-0.3, -0.25) is 14.6 Å². The van der Waals surface area contributed by atoms with E-state index in [0.29, 0.717) is 11.6 Å². The van der Waals surface area contributed by atoms with Crippen LogP contribution in [0.3, 0.4) is 0 Å². The maximum absolute atomic E-state index is 13.6. The molecular weight excluding hydrogens is 393 g/mol. The molecule has 0 unspecified atom stereocenters. The third-order valence-corrected chi connectivity index (χ3v) is 4.59. The Kier molecular flexibility index (Phi) is 5.69. The molecule has 0 saturated carbocycles. The summed E-state index contributed by atoms with van der Waals surface area (Å²) >= 11 is 1.05. The lowest BCUT2D eigenvalue weighted by Gasteiger charge is -2.09.